The molecule has 0 bridgehead atoms. The van der Waals surface area contributed by atoms with Crippen molar-refractivity contribution in [2.75, 3.05) is 7.11 Å². The minimum absolute atomic E-state index is 0.0223. The molecule has 8 heteroatoms. The van der Waals surface area contributed by atoms with E-state index >= 15 is 0 Å². The zero-order valence-electron chi connectivity index (χ0n) is 14.2. The third-order valence-corrected chi connectivity index (χ3v) is 5.19. The lowest BCUT2D eigenvalue weighted by atomic mass is 9.84. The van der Waals surface area contributed by atoms with Crippen molar-refractivity contribution < 1.29 is 13.5 Å². The number of hydrogen-bond donors (Lipinski definition) is 0. The third kappa shape index (κ3) is 2.80. The molecule has 1 aliphatic rings. The summed E-state index contributed by atoms with van der Waals surface area (Å²) < 4.78 is 36.1. The predicted molar refractivity (Wildman–Crippen MR) is 93.5 cm³/mol. The van der Waals surface area contributed by atoms with E-state index in [1.807, 2.05) is 0 Å². The van der Waals surface area contributed by atoms with Crippen molar-refractivity contribution in [3.05, 3.63) is 40.9 Å². The first-order valence-electron chi connectivity index (χ1n) is 8.52. The maximum absolute atomic E-state index is 14.8. The second-order valence-electron chi connectivity index (χ2n) is 6.44. The van der Waals surface area contributed by atoms with Crippen molar-refractivity contribution in [2.24, 2.45) is 0 Å². The molecule has 0 amide bonds. The second kappa shape index (κ2) is 6.79. The van der Waals surface area contributed by atoms with E-state index in [0.29, 0.717) is 11.5 Å². The monoisotopic (exact) mass is 378 g/mol. The first kappa shape index (κ1) is 17.1. The van der Waals surface area contributed by atoms with Gasteiger partial charge in [0, 0.05) is 23.6 Å². The number of methoxy groups -OCH3 is 1. The standard InChI is InChI=1S/C18H17ClF2N4O/c1-26-11-7-12(20)14(13(21)8-11)15-16(10-5-3-2-4-6-10)25-18(22-9-23-25)24-17(15)19/h7-10H,2-6H2,1H3. The Morgan fingerprint density at radius 2 is 1.81 bits per heavy atom. The quantitative estimate of drug-likeness (QED) is 0.615. The molecule has 3 aromatic rings. The van der Waals surface area contributed by atoms with Crippen molar-refractivity contribution >= 4 is 17.4 Å². The van der Waals surface area contributed by atoms with Gasteiger partial charge in [0.1, 0.15) is 28.9 Å². The van der Waals surface area contributed by atoms with Crippen molar-refractivity contribution in [3.63, 3.8) is 0 Å². The smallest absolute Gasteiger partial charge is 0.253 e. The van der Waals surface area contributed by atoms with Gasteiger partial charge in [-0.1, -0.05) is 30.9 Å². The summed E-state index contributed by atoms with van der Waals surface area (Å²) in [6.07, 6.45) is 6.43. The molecule has 0 spiro atoms. The van der Waals surface area contributed by atoms with Gasteiger partial charge >= 0.3 is 0 Å². The molecule has 0 aliphatic heterocycles. The Labute approximate surface area is 154 Å². The Bertz CT molecular complexity index is 946. The van der Waals surface area contributed by atoms with Crippen LogP contribution in [0, 0.1) is 11.6 Å². The number of ether oxygens (including phenoxy) is 1. The molecule has 2 heterocycles. The first-order chi connectivity index (χ1) is 12.6. The van der Waals surface area contributed by atoms with Crippen LogP contribution in [-0.4, -0.2) is 26.7 Å². The lowest BCUT2D eigenvalue weighted by Crippen LogP contribution is -2.14. The van der Waals surface area contributed by atoms with Crippen molar-refractivity contribution in [1.29, 1.82) is 0 Å². The van der Waals surface area contributed by atoms with Gasteiger partial charge in [-0.05, 0) is 12.8 Å². The summed E-state index contributed by atoms with van der Waals surface area (Å²) >= 11 is 6.38. The molecule has 0 N–H and O–H groups in total. The van der Waals surface area contributed by atoms with E-state index in [-0.39, 0.29) is 27.9 Å². The molecular formula is C18H17ClF2N4O. The fraction of sp³-hybridized carbons (Fsp3) is 0.389. The van der Waals surface area contributed by atoms with E-state index < -0.39 is 11.6 Å². The van der Waals surface area contributed by atoms with E-state index in [1.54, 1.807) is 4.52 Å². The molecule has 0 atom stereocenters. The van der Waals surface area contributed by atoms with E-state index in [9.17, 15) is 8.78 Å². The molecule has 1 saturated carbocycles. The van der Waals surface area contributed by atoms with Crippen molar-refractivity contribution in [1.82, 2.24) is 19.6 Å². The Morgan fingerprint density at radius 1 is 1.12 bits per heavy atom. The highest BCUT2D eigenvalue weighted by Gasteiger charge is 2.29. The predicted octanol–water partition coefficient (Wildman–Crippen LogP) is 4.78. The first-order valence-corrected chi connectivity index (χ1v) is 8.90. The summed E-state index contributed by atoms with van der Waals surface area (Å²) in [5, 5.41) is 4.25. The van der Waals surface area contributed by atoms with Crippen LogP contribution in [0.15, 0.2) is 18.5 Å². The highest BCUT2D eigenvalue weighted by Crippen LogP contribution is 2.42. The average molecular weight is 379 g/mol. The summed E-state index contributed by atoms with van der Waals surface area (Å²) in [5.41, 5.74) is 0.704. The largest absolute Gasteiger partial charge is 0.497 e. The number of halogens is 3. The van der Waals surface area contributed by atoms with E-state index in [4.69, 9.17) is 16.3 Å². The minimum Gasteiger partial charge on any atom is -0.497 e. The van der Waals surface area contributed by atoms with Gasteiger partial charge in [-0.2, -0.15) is 15.1 Å². The number of aromatic nitrogens is 4. The molecule has 1 aromatic carbocycles. The van der Waals surface area contributed by atoms with E-state index in [1.165, 1.54) is 13.4 Å². The maximum Gasteiger partial charge on any atom is 0.253 e. The minimum atomic E-state index is -0.748. The summed E-state index contributed by atoms with van der Waals surface area (Å²) in [7, 11) is 1.36. The maximum atomic E-state index is 14.8. The van der Waals surface area contributed by atoms with Crippen LogP contribution < -0.4 is 4.74 Å². The number of hydrogen-bond acceptors (Lipinski definition) is 4. The molecule has 5 nitrogen and oxygen atoms in total. The number of fused-ring (bicyclic) bond motifs is 1. The topological polar surface area (TPSA) is 52.3 Å². The Kier molecular flexibility index (Phi) is 4.48. The summed E-state index contributed by atoms with van der Waals surface area (Å²) in [6.45, 7) is 0. The molecule has 0 radical (unpaired) electrons. The molecule has 1 fully saturated rings. The lowest BCUT2D eigenvalue weighted by molar-refractivity contribution is 0.407. The normalized spacial score (nSPS) is 15.5. The van der Waals surface area contributed by atoms with Gasteiger partial charge in [-0.25, -0.2) is 13.3 Å². The SMILES string of the molecule is COc1cc(F)c(-c2c(Cl)nc3ncnn3c2C2CCCCC2)c(F)c1. The van der Waals surface area contributed by atoms with Crippen LogP contribution in [0.2, 0.25) is 5.15 Å². The molecule has 2 aromatic heterocycles. The van der Waals surface area contributed by atoms with Crippen LogP contribution in [0.25, 0.3) is 16.9 Å². The van der Waals surface area contributed by atoms with Crippen LogP contribution in [0.3, 0.4) is 0 Å². The number of nitrogens with zero attached hydrogens (tertiary/aromatic N) is 4. The Morgan fingerprint density at radius 3 is 2.46 bits per heavy atom. The Balaban J connectivity index is 2.02. The molecule has 136 valence electrons. The van der Waals surface area contributed by atoms with Gasteiger partial charge in [-0.15, -0.1) is 0 Å². The molecule has 0 unspecified atom stereocenters. The zero-order valence-corrected chi connectivity index (χ0v) is 14.9. The van der Waals surface area contributed by atoms with Gasteiger partial charge < -0.3 is 4.74 Å². The van der Waals surface area contributed by atoms with Crippen molar-refractivity contribution in [2.45, 2.75) is 38.0 Å². The highest BCUT2D eigenvalue weighted by atomic mass is 35.5. The summed E-state index contributed by atoms with van der Waals surface area (Å²) in [5.74, 6) is -0.976. The zero-order chi connectivity index (χ0) is 18.3. The summed E-state index contributed by atoms with van der Waals surface area (Å²) in [6, 6.07) is 2.29. The number of rotatable bonds is 3. The molecule has 1 aliphatic carbocycles. The fourth-order valence-electron chi connectivity index (χ4n) is 3.73. The Hall–Kier alpha value is -2.28. The van der Waals surface area contributed by atoms with Crippen LogP contribution in [0.5, 0.6) is 5.75 Å². The molecule has 0 saturated heterocycles. The van der Waals surface area contributed by atoms with Crippen LogP contribution >= 0.6 is 11.6 Å². The lowest BCUT2D eigenvalue weighted by Gasteiger charge is -2.25. The van der Waals surface area contributed by atoms with Crippen LogP contribution in [0.1, 0.15) is 43.7 Å². The van der Waals surface area contributed by atoms with Crippen molar-refractivity contribution in [3.8, 4) is 16.9 Å². The average Bonchev–Trinajstić information content (AvgIpc) is 3.09. The van der Waals surface area contributed by atoms with Crippen LogP contribution in [-0.2, 0) is 0 Å². The van der Waals surface area contributed by atoms with Gasteiger partial charge in [-0.3, -0.25) is 0 Å². The second-order valence-corrected chi connectivity index (χ2v) is 6.79. The number of benzene rings is 1. The molecule has 4 rings (SSSR count). The van der Waals surface area contributed by atoms with Gasteiger partial charge in [0.25, 0.3) is 5.78 Å². The van der Waals surface area contributed by atoms with Crippen LogP contribution in [0.4, 0.5) is 8.78 Å². The molecular weight excluding hydrogens is 362 g/mol. The highest BCUT2D eigenvalue weighted by molar-refractivity contribution is 6.32. The van der Waals surface area contributed by atoms with Gasteiger partial charge in [0.05, 0.1) is 18.4 Å². The van der Waals surface area contributed by atoms with Gasteiger partial charge in [0.15, 0.2) is 0 Å². The fourth-order valence-corrected chi connectivity index (χ4v) is 3.99. The van der Waals surface area contributed by atoms with E-state index in [2.05, 4.69) is 15.1 Å². The molecule has 26 heavy (non-hydrogen) atoms. The van der Waals surface area contributed by atoms with E-state index in [0.717, 1.165) is 44.2 Å². The third-order valence-electron chi connectivity index (χ3n) is 4.91. The summed E-state index contributed by atoms with van der Waals surface area (Å²) in [4.78, 5) is 8.27. The van der Waals surface area contributed by atoms with Gasteiger partial charge in [0.2, 0.25) is 0 Å².